The molecule has 0 saturated carbocycles. The van der Waals surface area contributed by atoms with Gasteiger partial charge in [-0.15, -0.1) is 11.3 Å². The minimum absolute atomic E-state index is 0.653. The van der Waals surface area contributed by atoms with Gasteiger partial charge in [-0.25, -0.2) is 4.98 Å². The third-order valence-electron chi connectivity index (χ3n) is 8.28. The Bertz CT molecular complexity index is 2580. The molecule has 5 heteroatoms. The molecular formula is C38H21N3OS. The first-order chi connectivity index (χ1) is 21.3. The molecule has 43 heavy (non-hydrogen) atoms. The Kier molecular flexibility index (Phi) is 5.10. The lowest BCUT2D eigenvalue weighted by molar-refractivity contribution is 0.666. The number of furan rings is 1. The van der Waals surface area contributed by atoms with Crippen LogP contribution in [0.5, 0.6) is 0 Å². The summed E-state index contributed by atoms with van der Waals surface area (Å²) in [6, 6.07) is 45.9. The Balaban J connectivity index is 1.38. The first-order valence-electron chi connectivity index (χ1n) is 14.1. The van der Waals surface area contributed by atoms with Crippen LogP contribution in [0.4, 0.5) is 0 Å². The van der Waals surface area contributed by atoms with Gasteiger partial charge in [0.2, 0.25) is 0 Å². The Morgan fingerprint density at radius 1 is 0.674 bits per heavy atom. The topological polar surface area (TPSA) is 54.8 Å². The van der Waals surface area contributed by atoms with Crippen LogP contribution in [0.25, 0.3) is 81.3 Å². The van der Waals surface area contributed by atoms with Crippen LogP contribution in [0.3, 0.4) is 0 Å². The van der Waals surface area contributed by atoms with E-state index >= 15 is 0 Å². The van der Waals surface area contributed by atoms with Crippen molar-refractivity contribution in [3.63, 3.8) is 0 Å². The molecule has 3 heterocycles. The Labute approximate surface area is 250 Å². The van der Waals surface area contributed by atoms with Gasteiger partial charge < -0.3 is 4.42 Å². The zero-order chi connectivity index (χ0) is 28.5. The summed E-state index contributed by atoms with van der Waals surface area (Å²) in [4.78, 5) is 5.26. The molecule has 9 aromatic rings. The minimum Gasteiger partial charge on any atom is -0.454 e. The second kappa shape index (κ2) is 9.15. The van der Waals surface area contributed by atoms with Crippen LogP contribution in [0.15, 0.2) is 132 Å². The maximum atomic E-state index is 9.36. The molecule has 200 valence electrons. The average Bonchev–Trinajstić information content (AvgIpc) is 3.76. The lowest BCUT2D eigenvalue weighted by atomic mass is 9.96. The molecule has 0 amide bonds. The van der Waals surface area contributed by atoms with Gasteiger partial charge in [0.1, 0.15) is 11.4 Å². The normalized spacial score (nSPS) is 11.7. The number of imidazole rings is 1. The number of hydrogen-bond donors (Lipinski definition) is 0. The number of rotatable bonds is 3. The van der Waals surface area contributed by atoms with E-state index in [0.29, 0.717) is 5.56 Å². The third-order valence-corrected chi connectivity index (χ3v) is 9.48. The monoisotopic (exact) mass is 567 g/mol. The molecule has 0 aliphatic heterocycles. The van der Waals surface area contributed by atoms with Crippen LogP contribution in [-0.4, -0.2) is 9.55 Å². The van der Waals surface area contributed by atoms with Gasteiger partial charge in [-0.05, 0) is 59.7 Å². The highest BCUT2D eigenvalue weighted by Gasteiger charge is 2.23. The second-order valence-corrected chi connectivity index (χ2v) is 11.7. The van der Waals surface area contributed by atoms with E-state index in [1.165, 1.54) is 20.2 Å². The van der Waals surface area contributed by atoms with Crippen molar-refractivity contribution in [1.82, 2.24) is 9.55 Å². The molecule has 3 aromatic heterocycles. The number of fused-ring (bicyclic) bond motifs is 7. The molecule has 0 aliphatic carbocycles. The van der Waals surface area contributed by atoms with Crippen LogP contribution in [0, 0.1) is 11.3 Å². The standard InChI is InChI=1S/C38H21N3OS/c39-22-23-16-18-24(19-17-23)25-20-21-29(37-35(25)28-9-2-6-15-34(28)43-37)38-40-30-11-3-4-12-31(30)41(38)32-13-7-10-27-26-8-1-5-14-33(26)42-36(27)32/h1-21H. The molecule has 0 saturated heterocycles. The number of benzene rings is 6. The highest BCUT2D eigenvalue weighted by Crippen LogP contribution is 2.46. The first-order valence-corrected chi connectivity index (χ1v) is 14.9. The quantitative estimate of drug-likeness (QED) is 0.213. The summed E-state index contributed by atoms with van der Waals surface area (Å²) < 4.78 is 11.2. The maximum absolute atomic E-state index is 9.36. The molecule has 6 aromatic carbocycles. The predicted octanol–water partition coefficient (Wildman–Crippen LogP) is 10.5. The van der Waals surface area contributed by atoms with E-state index in [1.54, 1.807) is 11.3 Å². The SMILES string of the molecule is N#Cc1ccc(-c2ccc(-c3nc4ccccc4n3-c3cccc4c3oc3ccccc34)c3sc4ccccc4c23)cc1. The minimum atomic E-state index is 0.653. The van der Waals surface area contributed by atoms with Gasteiger partial charge in [-0.3, -0.25) is 4.57 Å². The van der Waals surface area contributed by atoms with Crippen molar-refractivity contribution >= 4 is 64.5 Å². The van der Waals surface area contributed by atoms with E-state index in [9.17, 15) is 5.26 Å². The van der Waals surface area contributed by atoms with Gasteiger partial charge in [0.15, 0.2) is 5.58 Å². The van der Waals surface area contributed by atoms with Gasteiger partial charge in [0, 0.05) is 36.5 Å². The molecule has 0 unspecified atom stereocenters. The van der Waals surface area contributed by atoms with E-state index in [1.807, 2.05) is 42.5 Å². The molecule has 0 radical (unpaired) electrons. The molecule has 0 aliphatic rings. The van der Waals surface area contributed by atoms with Crippen molar-refractivity contribution in [2.45, 2.75) is 0 Å². The number of hydrogen-bond acceptors (Lipinski definition) is 4. The average molecular weight is 568 g/mol. The third kappa shape index (κ3) is 3.51. The molecule has 9 rings (SSSR count). The molecule has 0 atom stereocenters. The summed E-state index contributed by atoms with van der Waals surface area (Å²) >= 11 is 1.79. The summed E-state index contributed by atoms with van der Waals surface area (Å²) in [7, 11) is 0. The van der Waals surface area contributed by atoms with E-state index in [-0.39, 0.29) is 0 Å². The van der Waals surface area contributed by atoms with Crippen LogP contribution in [0.1, 0.15) is 5.56 Å². The lowest BCUT2D eigenvalue weighted by Gasteiger charge is -2.13. The zero-order valence-corrected chi connectivity index (χ0v) is 23.6. The summed E-state index contributed by atoms with van der Waals surface area (Å²) in [5, 5.41) is 14.0. The maximum Gasteiger partial charge on any atom is 0.159 e. The first kappa shape index (κ1) is 24.0. The Hall–Kier alpha value is -5.70. The van der Waals surface area contributed by atoms with Crippen molar-refractivity contribution in [2.24, 2.45) is 0 Å². The van der Waals surface area contributed by atoms with Crippen molar-refractivity contribution in [1.29, 1.82) is 5.26 Å². The van der Waals surface area contributed by atoms with E-state index in [2.05, 4.69) is 95.6 Å². The smallest absolute Gasteiger partial charge is 0.159 e. The predicted molar refractivity (Wildman–Crippen MR) is 177 cm³/mol. The highest BCUT2D eigenvalue weighted by molar-refractivity contribution is 7.26. The Morgan fingerprint density at radius 2 is 1.42 bits per heavy atom. The van der Waals surface area contributed by atoms with Gasteiger partial charge in [0.05, 0.1) is 28.4 Å². The number of nitriles is 1. The molecule has 0 bridgehead atoms. The summed E-state index contributed by atoms with van der Waals surface area (Å²) in [6.07, 6.45) is 0. The summed E-state index contributed by atoms with van der Waals surface area (Å²) in [6.45, 7) is 0. The summed E-state index contributed by atoms with van der Waals surface area (Å²) in [5.74, 6) is 0.872. The lowest BCUT2D eigenvalue weighted by Crippen LogP contribution is -1.98. The van der Waals surface area contributed by atoms with Crippen LogP contribution >= 0.6 is 11.3 Å². The molecule has 0 spiro atoms. The number of nitrogens with zero attached hydrogens (tertiary/aromatic N) is 3. The largest absolute Gasteiger partial charge is 0.454 e. The van der Waals surface area contributed by atoms with Crippen molar-refractivity contribution in [3.8, 4) is 34.3 Å². The fourth-order valence-corrected chi connectivity index (χ4v) is 7.57. The summed E-state index contributed by atoms with van der Waals surface area (Å²) in [5.41, 5.74) is 8.57. The highest BCUT2D eigenvalue weighted by atomic mass is 32.1. The molecule has 0 N–H and O–H groups in total. The van der Waals surface area contributed by atoms with Crippen molar-refractivity contribution in [2.75, 3.05) is 0 Å². The van der Waals surface area contributed by atoms with Crippen LogP contribution in [0.2, 0.25) is 0 Å². The van der Waals surface area contributed by atoms with Crippen molar-refractivity contribution < 1.29 is 4.42 Å². The number of para-hydroxylation sites is 4. The van der Waals surface area contributed by atoms with Gasteiger partial charge in [-0.1, -0.05) is 78.9 Å². The van der Waals surface area contributed by atoms with Crippen LogP contribution < -0.4 is 0 Å². The van der Waals surface area contributed by atoms with Gasteiger partial charge >= 0.3 is 0 Å². The van der Waals surface area contributed by atoms with Gasteiger partial charge in [-0.2, -0.15) is 5.26 Å². The second-order valence-electron chi connectivity index (χ2n) is 10.7. The number of thiophene rings is 1. The Morgan fingerprint density at radius 3 is 2.30 bits per heavy atom. The van der Waals surface area contributed by atoms with Crippen molar-refractivity contribution in [3.05, 3.63) is 133 Å². The van der Waals surface area contributed by atoms with Gasteiger partial charge in [0.25, 0.3) is 0 Å². The number of aromatic nitrogens is 2. The van der Waals surface area contributed by atoms with E-state index in [0.717, 1.165) is 61.2 Å². The van der Waals surface area contributed by atoms with Crippen LogP contribution in [-0.2, 0) is 0 Å². The molecular weight excluding hydrogens is 547 g/mol. The van der Waals surface area contributed by atoms with E-state index < -0.39 is 0 Å². The zero-order valence-electron chi connectivity index (χ0n) is 22.8. The fraction of sp³-hybridized carbons (Fsp3) is 0. The molecule has 4 nitrogen and oxygen atoms in total. The fourth-order valence-electron chi connectivity index (χ4n) is 6.33. The molecule has 0 fully saturated rings. The van der Waals surface area contributed by atoms with E-state index in [4.69, 9.17) is 9.40 Å².